The van der Waals surface area contributed by atoms with Crippen LogP contribution >= 0.6 is 11.3 Å². The van der Waals surface area contributed by atoms with E-state index in [9.17, 15) is 0 Å². The molecule has 0 aliphatic heterocycles. The van der Waals surface area contributed by atoms with Crippen molar-refractivity contribution < 1.29 is 0 Å². The number of hydrogen-bond donors (Lipinski definition) is 2. The third kappa shape index (κ3) is 2.70. The van der Waals surface area contributed by atoms with Crippen molar-refractivity contribution in [1.82, 2.24) is 9.97 Å². The Labute approximate surface area is 98.6 Å². The number of nitrogen functional groups attached to an aromatic ring is 1. The fourth-order valence-electron chi connectivity index (χ4n) is 1.28. The van der Waals surface area contributed by atoms with Crippen LogP contribution in [0.5, 0.6) is 0 Å². The highest BCUT2D eigenvalue weighted by Gasteiger charge is 2.00. The van der Waals surface area contributed by atoms with Crippen molar-refractivity contribution in [2.75, 3.05) is 11.1 Å². The molecule has 16 heavy (non-hydrogen) atoms. The number of nitrogens with zero attached hydrogens (tertiary/aromatic N) is 2. The second-order valence-electron chi connectivity index (χ2n) is 3.40. The molecule has 0 fully saturated rings. The zero-order valence-electron chi connectivity index (χ0n) is 9.10. The van der Waals surface area contributed by atoms with Crippen LogP contribution in [0, 0.1) is 0 Å². The van der Waals surface area contributed by atoms with Gasteiger partial charge in [0.1, 0.15) is 10.8 Å². The van der Waals surface area contributed by atoms with Gasteiger partial charge in [0, 0.05) is 11.1 Å². The van der Waals surface area contributed by atoms with Gasteiger partial charge in [0.15, 0.2) is 0 Å². The Morgan fingerprint density at radius 2 is 2.19 bits per heavy atom. The summed E-state index contributed by atoms with van der Waals surface area (Å²) >= 11 is 1.74. The van der Waals surface area contributed by atoms with E-state index >= 15 is 0 Å². The molecule has 2 rings (SSSR count). The maximum Gasteiger partial charge on any atom is 0.123 e. The molecular weight excluding hydrogens is 220 g/mol. The second kappa shape index (κ2) is 4.94. The number of aryl methyl sites for hydroxylation is 1. The van der Waals surface area contributed by atoms with E-state index in [0.717, 1.165) is 23.7 Å². The summed E-state index contributed by atoms with van der Waals surface area (Å²) in [4.78, 5) is 9.65. The molecule has 5 heteroatoms. The quantitative estimate of drug-likeness (QED) is 0.852. The Morgan fingerprint density at radius 3 is 2.81 bits per heavy atom. The number of nitrogens with one attached hydrogen (secondary N) is 1. The van der Waals surface area contributed by atoms with Crippen LogP contribution in [0.15, 0.2) is 24.5 Å². The Hall–Kier alpha value is -1.62. The van der Waals surface area contributed by atoms with Crippen molar-refractivity contribution in [1.29, 1.82) is 0 Å². The maximum atomic E-state index is 5.51. The minimum absolute atomic E-state index is 0.535. The second-order valence-corrected chi connectivity index (χ2v) is 4.60. The minimum Gasteiger partial charge on any atom is -0.384 e. The Kier molecular flexibility index (Phi) is 3.36. The number of rotatable bonds is 4. The summed E-state index contributed by atoms with van der Waals surface area (Å²) < 4.78 is 0. The molecule has 0 unspecified atom stereocenters. The van der Waals surface area contributed by atoms with Gasteiger partial charge in [0.2, 0.25) is 0 Å². The number of pyridine rings is 1. The first-order chi connectivity index (χ1) is 7.78. The van der Waals surface area contributed by atoms with Crippen LogP contribution in [0.4, 0.5) is 11.5 Å². The van der Waals surface area contributed by atoms with Gasteiger partial charge in [0.25, 0.3) is 0 Å². The summed E-state index contributed by atoms with van der Waals surface area (Å²) in [6, 6.07) is 3.69. The van der Waals surface area contributed by atoms with Crippen molar-refractivity contribution in [2.45, 2.75) is 19.9 Å². The van der Waals surface area contributed by atoms with E-state index in [1.165, 1.54) is 4.88 Å². The van der Waals surface area contributed by atoms with Crippen LogP contribution in [0.3, 0.4) is 0 Å². The summed E-state index contributed by atoms with van der Waals surface area (Å²) in [5.74, 6) is 0.535. The molecule has 0 saturated carbocycles. The van der Waals surface area contributed by atoms with E-state index in [4.69, 9.17) is 5.73 Å². The van der Waals surface area contributed by atoms with Crippen LogP contribution in [0.1, 0.15) is 16.8 Å². The van der Waals surface area contributed by atoms with Crippen molar-refractivity contribution in [3.8, 4) is 0 Å². The highest BCUT2D eigenvalue weighted by molar-refractivity contribution is 7.11. The lowest BCUT2D eigenvalue weighted by atomic mass is 10.4. The molecule has 2 aromatic rings. The summed E-state index contributed by atoms with van der Waals surface area (Å²) in [5, 5.41) is 4.35. The number of anilines is 2. The maximum absolute atomic E-state index is 5.51. The Morgan fingerprint density at radius 1 is 1.31 bits per heavy atom. The van der Waals surface area contributed by atoms with Crippen molar-refractivity contribution in [3.63, 3.8) is 0 Å². The van der Waals surface area contributed by atoms with E-state index in [-0.39, 0.29) is 0 Å². The molecule has 0 atom stereocenters. The molecule has 4 nitrogen and oxygen atoms in total. The predicted octanol–water partition coefficient (Wildman–Crippen LogP) is 2.29. The normalized spacial score (nSPS) is 10.3. The van der Waals surface area contributed by atoms with Crippen LogP contribution in [0.25, 0.3) is 0 Å². The van der Waals surface area contributed by atoms with Crippen molar-refractivity contribution in [3.05, 3.63) is 34.4 Å². The molecule has 0 saturated heterocycles. The van der Waals surface area contributed by atoms with Crippen LogP contribution in [0.2, 0.25) is 0 Å². The van der Waals surface area contributed by atoms with Gasteiger partial charge in [-0.05, 0) is 18.6 Å². The lowest BCUT2D eigenvalue weighted by Crippen LogP contribution is -1.99. The third-order valence-corrected chi connectivity index (χ3v) is 3.32. The van der Waals surface area contributed by atoms with Crippen LogP contribution < -0.4 is 11.1 Å². The lowest BCUT2D eigenvalue weighted by molar-refractivity contribution is 1.09. The van der Waals surface area contributed by atoms with Gasteiger partial charge < -0.3 is 11.1 Å². The van der Waals surface area contributed by atoms with E-state index in [0.29, 0.717) is 5.82 Å². The summed E-state index contributed by atoms with van der Waals surface area (Å²) in [7, 11) is 0. The molecule has 0 aliphatic carbocycles. The van der Waals surface area contributed by atoms with Crippen LogP contribution in [-0.2, 0) is 13.0 Å². The zero-order valence-corrected chi connectivity index (χ0v) is 9.92. The summed E-state index contributed by atoms with van der Waals surface area (Å²) in [6.45, 7) is 2.87. The smallest absolute Gasteiger partial charge is 0.123 e. The van der Waals surface area contributed by atoms with E-state index in [1.807, 2.05) is 12.3 Å². The number of thiazole rings is 1. The molecule has 0 radical (unpaired) electrons. The first kappa shape index (κ1) is 10.9. The average molecular weight is 234 g/mol. The molecule has 0 bridgehead atoms. The molecule has 2 aromatic heterocycles. The fourth-order valence-corrected chi connectivity index (χ4v) is 2.08. The molecule has 2 heterocycles. The lowest BCUT2D eigenvalue weighted by Gasteiger charge is -2.03. The largest absolute Gasteiger partial charge is 0.384 e. The Balaban J connectivity index is 1.94. The van der Waals surface area contributed by atoms with Crippen LogP contribution in [-0.4, -0.2) is 9.97 Å². The van der Waals surface area contributed by atoms with Gasteiger partial charge >= 0.3 is 0 Å². The summed E-state index contributed by atoms with van der Waals surface area (Å²) in [6.07, 6.45) is 4.70. The van der Waals surface area contributed by atoms with E-state index in [1.54, 1.807) is 23.6 Å². The SMILES string of the molecule is CCc1cnc(CNc2ccc(N)nc2)s1. The highest BCUT2D eigenvalue weighted by Crippen LogP contribution is 2.15. The molecule has 84 valence electrons. The molecule has 3 N–H and O–H groups in total. The fraction of sp³-hybridized carbons (Fsp3) is 0.273. The molecule has 0 aromatic carbocycles. The van der Waals surface area contributed by atoms with Gasteiger partial charge in [-0.15, -0.1) is 11.3 Å². The first-order valence-electron chi connectivity index (χ1n) is 5.17. The molecule has 0 aliphatic rings. The van der Waals surface area contributed by atoms with Gasteiger partial charge in [-0.25, -0.2) is 9.97 Å². The predicted molar refractivity (Wildman–Crippen MR) is 67.5 cm³/mol. The van der Waals surface area contributed by atoms with Gasteiger partial charge in [-0.1, -0.05) is 6.92 Å². The zero-order chi connectivity index (χ0) is 11.4. The number of hydrogen-bond acceptors (Lipinski definition) is 5. The molecule has 0 spiro atoms. The standard InChI is InChI=1S/C11H14N4S/c1-2-9-6-15-11(16-9)7-13-8-3-4-10(12)14-5-8/h3-6,13H,2,7H2,1H3,(H2,12,14). The van der Waals surface area contributed by atoms with Gasteiger partial charge in [-0.2, -0.15) is 0 Å². The molecular formula is C11H14N4S. The Bertz CT molecular complexity index is 449. The molecule has 0 amide bonds. The first-order valence-corrected chi connectivity index (χ1v) is 5.98. The average Bonchev–Trinajstić information content (AvgIpc) is 2.76. The summed E-state index contributed by atoms with van der Waals surface area (Å²) in [5.41, 5.74) is 6.47. The van der Waals surface area contributed by atoms with Gasteiger partial charge in [0.05, 0.1) is 18.4 Å². The number of nitrogens with two attached hydrogens (primary N) is 1. The number of aromatic nitrogens is 2. The topological polar surface area (TPSA) is 63.8 Å². The third-order valence-electron chi connectivity index (χ3n) is 2.18. The van der Waals surface area contributed by atoms with E-state index < -0.39 is 0 Å². The van der Waals surface area contributed by atoms with Crippen molar-refractivity contribution >= 4 is 22.8 Å². The monoisotopic (exact) mass is 234 g/mol. The van der Waals surface area contributed by atoms with Crippen molar-refractivity contribution in [2.24, 2.45) is 0 Å². The van der Waals surface area contributed by atoms with E-state index in [2.05, 4.69) is 22.2 Å². The minimum atomic E-state index is 0.535. The highest BCUT2D eigenvalue weighted by atomic mass is 32.1. The van der Waals surface area contributed by atoms with Gasteiger partial charge in [-0.3, -0.25) is 0 Å².